The lowest BCUT2D eigenvalue weighted by Gasteiger charge is -2.37. The van der Waals surface area contributed by atoms with Crippen LogP contribution in [0.1, 0.15) is 44.4 Å². The SMILES string of the molecule is CCNC(C)C1CCCN(c2ncnc3c2CCC3)C1. The minimum absolute atomic E-state index is 0.595. The first-order valence-corrected chi connectivity index (χ1v) is 8.10. The molecule has 2 unspecified atom stereocenters. The van der Waals surface area contributed by atoms with E-state index in [1.807, 2.05) is 0 Å². The summed E-state index contributed by atoms with van der Waals surface area (Å²) in [5.74, 6) is 1.96. The summed E-state index contributed by atoms with van der Waals surface area (Å²) in [7, 11) is 0. The molecule has 1 N–H and O–H groups in total. The summed E-state index contributed by atoms with van der Waals surface area (Å²) in [4.78, 5) is 11.6. The van der Waals surface area contributed by atoms with Crippen LogP contribution in [0.25, 0.3) is 0 Å². The molecule has 0 radical (unpaired) electrons. The van der Waals surface area contributed by atoms with Gasteiger partial charge in [-0.3, -0.25) is 0 Å². The molecule has 4 nitrogen and oxygen atoms in total. The van der Waals surface area contributed by atoms with Gasteiger partial charge in [-0.1, -0.05) is 6.92 Å². The summed E-state index contributed by atoms with van der Waals surface area (Å²) in [6.45, 7) is 7.85. The number of rotatable bonds is 4. The Morgan fingerprint density at radius 2 is 2.25 bits per heavy atom. The van der Waals surface area contributed by atoms with Crippen LogP contribution in [0, 0.1) is 5.92 Å². The van der Waals surface area contributed by atoms with Crippen molar-refractivity contribution in [2.24, 2.45) is 5.92 Å². The van der Waals surface area contributed by atoms with Crippen LogP contribution in [0.5, 0.6) is 0 Å². The van der Waals surface area contributed by atoms with Gasteiger partial charge in [0.25, 0.3) is 0 Å². The summed E-state index contributed by atoms with van der Waals surface area (Å²) in [6, 6.07) is 0.595. The first kappa shape index (κ1) is 13.8. The van der Waals surface area contributed by atoms with Gasteiger partial charge in [-0.2, -0.15) is 0 Å². The van der Waals surface area contributed by atoms with E-state index >= 15 is 0 Å². The number of aromatic nitrogens is 2. The number of piperidine rings is 1. The third kappa shape index (κ3) is 2.66. The topological polar surface area (TPSA) is 41.0 Å². The molecule has 20 heavy (non-hydrogen) atoms. The van der Waals surface area contributed by atoms with Crippen LogP contribution in [-0.2, 0) is 12.8 Å². The van der Waals surface area contributed by atoms with Gasteiger partial charge in [0.05, 0.1) is 0 Å². The molecule has 1 aromatic heterocycles. The number of fused-ring (bicyclic) bond motifs is 1. The fourth-order valence-electron chi connectivity index (χ4n) is 3.71. The van der Waals surface area contributed by atoms with E-state index in [-0.39, 0.29) is 0 Å². The van der Waals surface area contributed by atoms with Crippen molar-refractivity contribution in [2.45, 2.75) is 52.0 Å². The molecule has 3 rings (SSSR count). The maximum absolute atomic E-state index is 4.61. The van der Waals surface area contributed by atoms with Crippen molar-refractivity contribution >= 4 is 5.82 Å². The van der Waals surface area contributed by atoms with Crippen molar-refractivity contribution in [3.8, 4) is 0 Å². The molecule has 1 aromatic rings. The maximum atomic E-state index is 4.61. The summed E-state index contributed by atoms with van der Waals surface area (Å²) < 4.78 is 0. The molecule has 1 aliphatic heterocycles. The molecule has 1 fully saturated rings. The Hall–Kier alpha value is -1.16. The fourth-order valence-corrected chi connectivity index (χ4v) is 3.71. The molecule has 1 aliphatic carbocycles. The standard InChI is InChI=1S/C16H26N4/c1-3-17-12(2)13-6-5-9-20(10-13)16-14-7-4-8-15(14)18-11-19-16/h11-13,17H,3-10H2,1-2H3. The molecule has 0 aromatic carbocycles. The van der Waals surface area contributed by atoms with Crippen LogP contribution in [0.15, 0.2) is 6.33 Å². The van der Waals surface area contributed by atoms with Crippen LogP contribution in [0.2, 0.25) is 0 Å². The number of hydrogen-bond donors (Lipinski definition) is 1. The predicted octanol–water partition coefficient (Wildman–Crippen LogP) is 2.18. The van der Waals surface area contributed by atoms with E-state index in [0.29, 0.717) is 6.04 Å². The average Bonchev–Trinajstić information content (AvgIpc) is 2.96. The van der Waals surface area contributed by atoms with Gasteiger partial charge in [0.15, 0.2) is 0 Å². The summed E-state index contributed by atoms with van der Waals surface area (Å²) in [6.07, 6.45) is 7.91. The smallest absolute Gasteiger partial charge is 0.135 e. The van der Waals surface area contributed by atoms with E-state index < -0.39 is 0 Å². The Morgan fingerprint density at radius 3 is 3.10 bits per heavy atom. The van der Waals surface area contributed by atoms with Crippen molar-refractivity contribution in [3.63, 3.8) is 0 Å². The predicted molar refractivity (Wildman–Crippen MR) is 82.1 cm³/mol. The minimum atomic E-state index is 0.595. The van der Waals surface area contributed by atoms with E-state index in [1.54, 1.807) is 6.33 Å². The van der Waals surface area contributed by atoms with Gasteiger partial charge in [-0.15, -0.1) is 0 Å². The summed E-state index contributed by atoms with van der Waals surface area (Å²) in [5.41, 5.74) is 2.71. The molecule has 2 atom stereocenters. The highest BCUT2D eigenvalue weighted by Gasteiger charge is 2.28. The van der Waals surface area contributed by atoms with Crippen LogP contribution in [0.3, 0.4) is 0 Å². The van der Waals surface area contributed by atoms with E-state index in [0.717, 1.165) is 38.4 Å². The normalized spacial score (nSPS) is 23.7. The zero-order valence-corrected chi connectivity index (χ0v) is 12.7. The van der Waals surface area contributed by atoms with Crippen LogP contribution in [-0.4, -0.2) is 35.6 Å². The second-order valence-electron chi connectivity index (χ2n) is 6.17. The number of nitrogens with zero attached hydrogens (tertiary/aromatic N) is 3. The molecule has 1 saturated heterocycles. The highest BCUT2D eigenvalue weighted by atomic mass is 15.2. The molecule has 0 bridgehead atoms. The monoisotopic (exact) mass is 274 g/mol. The van der Waals surface area contributed by atoms with Crippen LogP contribution < -0.4 is 10.2 Å². The van der Waals surface area contributed by atoms with Crippen molar-refractivity contribution < 1.29 is 0 Å². The highest BCUT2D eigenvalue weighted by Crippen LogP contribution is 2.31. The molecule has 2 heterocycles. The van der Waals surface area contributed by atoms with Gasteiger partial charge in [0, 0.05) is 30.4 Å². The van der Waals surface area contributed by atoms with Gasteiger partial charge in [0.1, 0.15) is 12.1 Å². The second-order valence-corrected chi connectivity index (χ2v) is 6.17. The van der Waals surface area contributed by atoms with Crippen molar-refractivity contribution in [1.29, 1.82) is 0 Å². The van der Waals surface area contributed by atoms with Crippen molar-refractivity contribution in [3.05, 3.63) is 17.6 Å². The van der Waals surface area contributed by atoms with Gasteiger partial charge >= 0.3 is 0 Å². The highest BCUT2D eigenvalue weighted by molar-refractivity contribution is 5.50. The number of aryl methyl sites for hydroxylation is 1. The van der Waals surface area contributed by atoms with Gasteiger partial charge < -0.3 is 10.2 Å². The second kappa shape index (κ2) is 6.08. The average molecular weight is 274 g/mol. The maximum Gasteiger partial charge on any atom is 0.135 e. The molecular formula is C16H26N4. The van der Waals surface area contributed by atoms with E-state index in [9.17, 15) is 0 Å². The zero-order valence-electron chi connectivity index (χ0n) is 12.7. The molecule has 4 heteroatoms. The Kier molecular flexibility index (Phi) is 4.20. The third-order valence-corrected chi connectivity index (χ3v) is 4.84. The number of anilines is 1. The van der Waals surface area contributed by atoms with Crippen LogP contribution in [0.4, 0.5) is 5.82 Å². The summed E-state index contributed by atoms with van der Waals surface area (Å²) >= 11 is 0. The van der Waals surface area contributed by atoms with E-state index in [1.165, 1.54) is 36.3 Å². The lowest BCUT2D eigenvalue weighted by Crippen LogP contribution is -2.45. The molecule has 0 spiro atoms. The first-order chi connectivity index (χ1) is 9.79. The van der Waals surface area contributed by atoms with Crippen LogP contribution >= 0.6 is 0 Å². The van der Waals surface area contributed by atoms with Crippen molar-refractivity contribution in [2.75, 3.05) is 24.5 Å². The lowest BCUT2D eigenvalue weighted by molar-refractivity contribution is 0.323. The quantitative estimate of drug-likeness (QED) is 0.913. The lowest BCUT2D eigenvalue weighted by atomic mass is 9.91. The minimum Gasteiger partial charge on any atom is -0.356 e. The van der Waals surface area contributed by atoms with Crippen molar-refractivity contribution in [1.82, 2.24) is 15.3 Å². The Bertz CT molecular complexity index is 460. The Balaban J connectivity index is 1.76. The molecule has 110 valence electrons. The first-order valence-electron chi connectivity index (χ1n) is 8.10. The zero-order chi connectivity index (χ0) is 13.9. The summed E-state index contributed by atoms with van der Waals surface area (Å²) in [5, 5.41) is 3.58. The Morgan fingerprint density at radius 1 is 1.35 bits per heavy atom. The molecule has 0 saturated carbocycles. The Labute approximate surface area is 122 Å². The molecular weight excluding hydrogens is 248 g/mol. The molecule has 0 amide bonds. The van der Waals surface area contributed by atoms with Gasteiger partial charge in [-0.25, -0.2) is 9.97 Å². The van der Waals surface area contributed by atoms with E-state index in [2.05, 4.69) is 34.0 Å². The molecule has 2 aliphatic rings. The van der Waals surface area contributed by atoms with Gasteiger partial charge in [-0.05, 0) is 51.5 Å². The number of nitrogens with one attached hydrogen (secondary N) is 1. The number of hydrogen-bond acceptors (Lipinski definition) is 4. The third-order valence-electron chi connectivity index (χ3n) is 4.84. The van der Waals surface area contributed by atoms with Gasteiger partial charge in [0.2, 0.25) is 0 Å². The fraction of sp³-hybridized carbons (Fsp3) is 0.750. The van der Waals surface area contributed by atoms with E-state index in [4.69, 9.17) is 0 Å². The largest absolute Gasteiger partial charge is 0.356 e.